The fourth-order valence-electron chi connectivity index (χ4n) is 2.81. The van der Waals surface area contributed by atoms with Gasteiger partial charge in [-0.2, -0.15) is 0 Å². The highest BCUT2D eigenvalue weighted by Gasteiger charge is 2.34. The van der Waals surface area contributed by atoms with E-state index in [4.69, 9.17) is 0 Å². The number of unbranched alkanes of at least 4 members (excludes halogenated alkanes) is 1. The number of amides is 3. The predicted molar refractivity (Wildman–Crippen MR) is 97.5 cm³/mol. The highest BCUT2D eigenvalue weighted by molar-refractivity contribution is 9.10. The number of benzene rings is 2. The Morgan fingerprint density at radius 2 is 1.69 bits per heavy atom. The van der Waals surface area contributed by atoms with Crippen LogP contribution in [0.5, 0.6) is 0 Å². The van der Waals surface area contributed by atoms with Crippen molar-refractivity contribution in [3.8, 4) is 0 Å². The number of hydrogen-bond donors (Lipinski definition) is 1. The first-order chi connectivity index (χ1) is 12.5. The van der Waals surface area contributed by atoms with E-state index < -0.39 is 11.7 Å². The smallest absolute Gasteiger partial charge is 0.261 e. The topological polar surface area (TPSA) is 66.5 Å². The zero-order valence-electron chi connectivity index (χ0n) is 13.8. The minimum absolute atomic E-state index is 0.0280. The Balaban J connectivity index is 1.47. The molecular formula is C19H16BrFN2O3. The molecular weight excluding hydrogens is 403 g/mol. The Morgan fingerprint density at radius 1 is 1.04 bits per heavy atom. The summed E-state index contributed by atoms with van der Waals surface area (Å²) in [4.78, 5) is 37.7. The molecule has 0 unspecified atom stereocenters. The van der Waals surface area contributed by atoms with Crippen molar-refractivity contribution in [3.05, 3.63) is 69.4 Å². The molecule has 0 aliphatic carbocycles. The van der Waals surface area contributed by atoms with Crippen molar-refractivity contribution < 1.29 is 18.8 Å². The molecule has 2 aromatic carbocycles. The zero-order chi connectivity index (χ0) is 18.7. The van der Waals surface area contributed by atoms with Crippen molar-refractivity contribution in [2.75, 3.05) is 13.1 Å². The van der Waals surface area contributed by atoms with Crippen LogP contribution in [-0.4, -0.2) is 35.7 Å². The molecule has 5 nitrogen and oxygen atoms in total. The maximum Gasteiger partial charge on any atom is 0.261 e. The number of rotatable bonds is 6. The van der Waals surface area contributed by atoms with Crippen molar-refractivity contribution in [1.82, 2.24) is 10.2 Å². The Morgan fingerprint density at radius 3 is 2.35 bits per heavy atom. The highest BCUT2D eigenvalue weighted by Crippen LogP contribution is 2.22. The first kappa shape index (κ1) is 18.3. The summed E-state index contributed by atoms with van der Waals surface area (Å²) in [6.45, 7) is 0.613. The average Bonchev–Trinajstić information content (AvgIpc) is 2.88. The van der Waals surface area contributed by atoms with Gasteiger partial charge < -0.3 is 5.32 Å². The quantitative estimate of drug-likeness (QED) is 0.577. The Labute approximate surface area is 158 Å². The lowest BCUT2D eigenvalue weighted by Crippen LogP contribution is -2.31. The number of hydrogen-bond acceptors (Lipinski definition) is 3. The van der Waals surface area contributed by atoms with E-state index in [1.54, 1.807) is 24.3 Å². The van der Waals surface area contributed by atoms with Crippen molar-refractivity contribution in [2.45, 2.75) is 12.8 Å². The second kappa shape index (κ2) is 7.78. The predicted octanol–water partition coefficient (Wildman–Crippen LogP) is 3.39. The molecule has 7 heteroatoms. The van der Waals surface area contributed by atoms with Gasteiger partial charge in [-0.1, -0.05) is 28.1 Å². The maximum atomic E-state index is 13.7. The number of carbonyl (C=O) groups excluding carboxylic acids is 3. The van der Waals surface area contributed by atoms with Crippen LogP contribution in [0.25, 0.3) is 0 Å². The summed E-state index contributed by atoms with van der Waals surface area (Å²) in [5.74, 6) is -1.65. The van der Waals surface area contributed by atoms with Gasteiger partial charge in [-0.3, -0.25) is 19.3 Å². The van der Waals surface area contributed by atoms with Gasteiger partial charge in [-0.25, -0.2) is 4.39 Å². The van der Waals surface area contributed by atoms with E-state index in [0.717, 1.165) is 0 Å². The molecule has 3 rings (SSSR count). The molecule has 0 aromatic heterocycles. The number of fused-ring (bicyclic) bond motifs is 1. The van der Waals surface area contributed by atoms with Crippen LogP contribution in [0.1, 0.15) is 43.9 Å². The highest BCUT2D eigenvalue weighted by atomic mass is 79.9. The van der Waals surface area contributed by atoms with Crippen LogP contribution in [0.15, 0.2) is 46.9 Å². The molecule has 2 aromatic rings. The second-order valence-corrected chi connectivity index (χ2v) is 6.81. The van der Waals surface area contributed by atoms with Gasteiger partial charge in [0.25, 0.3) is 17.7 Å². The molecule has 0 bridgehead atoms. The number of imide groups is 1. The van der Waals surface area contributed by atoms with Gasteiger partial charge in [0.05, 0.1) is 16.7 Å². The first-order valence-electron chi connectivity index (χ1n) is 8.17. The fraction of sp³-hybridized carbons (Fsp3) is 0.211. The summed E-state index contributed by atoms with van der Waals surface area (Å²) >= 11 is 3.20. The van der Waals surface area contributed by atoms with E-state index in [1.807, 2.05) is 0 Å². The Hall–Kier alpha value is -2.54. The fourth-order valence-corrected chi connectivity index (χ4v) is 3.17. The summed E-state index contributed by atoms with van der Waals surface area (Å²) in [5, 5.41) is 2.64. The third kappa shape index (κ3) is 3.67. The summed E-state index contributed by atoms with van der Waals surface area (Å²) < 4.78 is 14.3. The molecule has 3 amide bonds. The van der Waals surface area contributed by atoms with Gasteiger partial charge in [-0.05, 0) is 43.2 Å². The van der Waals surface area contributed by atoms with Gasteiger partial charge in [0.2, 0.25) is 0 Å². The summed E-state index contributed by atoms with van der Waals surface area (Å²) in [5.41, 5.74) is 0.826. The normalized spacial score (nSPS) is 13.1. The largest absolute Gasteiger partial charge is 0.352 e. The molecule has 0 spiro atoms. The minimum Gasteiger partial charge on any atom is -0.352 e. The van der Waals surface area contributed by atoms with Crippen LogP contribution in [0.3, 0.4) is 0 Å². The Bertz CT molecular complexity index is 850. The molecule has 0 atom stereocenters. The van der Waals surface area contributed by atoms with Crippen LogP contribution in [0, 0.1) is 5.82 Å². The summed E-state index contributed by atoms with van der Waals surface area (Å²) in [7, 11) is 0. The van der Waals surface area contributed by atoms with Crippen molar-refractivity contribution in [1.29, 1.82) is 0 Å². The molecule has 1 N–H and O–H groups in total. The molecule has 26 heavy (non-hydrogen) atoms. The van der Waals surface area contributed by atoms with Gasteiger partial charge in [0, 0.05) is 17.6 Å². The molecule has 1 aliphatic rings. The van der Waals surface area contributed by atoms with Crippen LogP contribution in [-0.2, 0) is 0 Å². The van der Waals surface area contributed by atoms with Crippen molar-refractivity contribution >= 4 is 33.7 Å². The molecule has 0 saturated heterocycles. The Kier molecular flexibility index (Phi) is 5.46. The van der Waals surface area contributed by atoms with Crippen LogP contribution in [0.2, 0.25) is 0 Å². The van der Waals surface area contributed by atoms with E-state index in [1.165, 1.54) is 23.1 Å². The van der Waals surface area contributed by atoms with Crippen LogP contribution >= 0.6 is 15.9 Å². The monoisotopic (exact) mass is 418 g/mol. The summed E-state index contributed by atoms with van der Waals surface area (Å²) in [6, 6.07) is 10.9. The van der Waals surface area contributed by atoms with Gasteiger partial charge >= 0.3 is 0 Å². The third-order valence-corrected chi connectivity index (χ3v) is 4.64. The standard InChI is InChI=1S/C19H16BrFN2O3/c20-12-7-8-16(21)15(11-12)17(24)22-9-3-4-10-23-18(25)13-5-1-2-6-14(13)19(23)26/h1-2,5-8,11H,3-4,9-10H2,(H,22,24). The average molecular weight is 419 g/mol. The van der Waals surface area contributed by atoms with Crippen LogP contribution < -0.4 is 5.32 Å². The van der Waals surface area contributed by atoms with Gasteiger partial charge in [0.15, 0.2) is 0 Å². The number of carbonyl (C=O) groups is 3. The van der Waals surface area contributed by atoms with Crippen molar-refractivity contribution in [3.63, 3.8) is 0 Å². The maximum absolute atomic E-state index is 13.7. The van der Waals surface area contributed by atoms with Gasteiger partial charge in [0.1, 0.15) is 5.82 Å². The van der Waals surface area contributed by atoms with Crippen molar-refractivity contribution in [2.24, 2.45) is 0 Å². The van der Waals surface area contributed by atoms with E-state index in [2.05, 4.69) is 21.2 Å². The second-order valence-electron chi connectivity index (χ2n) is 5.89. The minimum atomic E-state index is -0.586. The van der Waals surface area contributed by atoms with E-state index >= 15 is 0 Å². The molecule has 134 valence electrons. The third-order valence-electron chi connectivity index (χ3n) is 4.15. The molecule has 1 heterocycles. The lowest BCUT2D eigenvalue weighted by molar-refractivity contribution is 0.0650. The summed E-state index contributed by atoms with van der Waals surface area (Å²) in [6.07, 6.45) is 1.11. The SMILES string of the molecule is O=C(NCCCCN1C(=O)c2ccccc2C1=O)c1cc(Br)ccc1F. The van der Waals surface area contributed by atoms with E-state index in [0.29, 0.717) is 35.0 Å². The lowest BCUT2D eigenvalue weighted by Gasteiger charge is -2.13. The molecule has 0 fully saturated rings. The number of halogens is 2. The number of nitrogens with zero attached hydrogens (tertiary/aromatic N) is 1. The lowest BCUT2D eigenvalue weighted by atomic mass is 10.1. The van der Waals surface area contributed by atoms with Crippen LogP contribution in [0.4, 0.5) is 4.39 Å². The van der Waals surface area contributed by atoms with E-state index in [-0.39, 0.29) is 23.9 Å². The molecule has 1 aliphatic heterocycles. The molecule has 0 saturated carbocycles. The molecule has 0 radical (unpaired) electrons. The van der Waals surface area contributed by atoms with E-state index in [9.17, 15) is 18.8 Å². The zero-order valence-corrected chi connectivity index (χ0v) is 15.4. The first-order valence-corrected chi connectivity index (χ1v) is 8.97. The van der Waals surface area contributed by atoms with Gasteiger partial charge in [-0.15, -0.1) is 0 Å². The number of nitrogens with one attached hydrogen (secondary N) is 1.